The van der Waals surface area contributed by atoms with E-state index in [0.29, 0.717) is 5.01 Å². The molecule has 8 heteroatoms. The molecule has 2 N–H and O–H groups in total. The quantitative estimate of drug-likeness (QED) is 0.446. The molecule has 1 aromatic carbocycles. The molecule has 0 saturated carbocycles. The average Bonchev–Trinajstić information content (AvgIpc) is 3.41. The predicted octanol–water partition coefficient (Wildman–Crippen LogP) is 3.58. The predicted molar refractivity (Wildman–Crippen MR) is 129 cm³/mol. The number of benzene rings is 1. The lowest BCUT2D eigenvalue weighted by atomic mass is 10.0. The lowest BCUT2D eigenvalue weighted by molar-refractivity contribution is 0.0694. The normalized spacial score (nSPS) is 13.0. The first kappa shape index (κ1) is 23.2. The molecule has 2 heterocycles. The molecule has 1 aliphatic carbocycles. The maximum absolute atomic E-state index is 12.1. The van der Waals surface area contributed by atoms with Gasteiger partial charge in [-0.1, -0.05) is 53.3 Å². The first-order chi connectivity index (χ1) is 15.9. The molecule has 0 spiro atoms. The fourth-order valence-electron chi connectivity index (χ4n) is 3.72. The van der Waals surface area contributed by atoms with Gasteiger partial charge in [0.2, 0.25) is 5.01 Å². The minimum atomic E-state index is -0.955. The van der Waals surface area contributed by atoms with Crippen LogP contribution in [0, 0.1) is 0 Å². The van der Waals surface area contributed by atoms with Gasteiger partial charge in [-0.25, -0.2) is 0 Å². The van der Waals surface area contributed by atoms with E-state index in [9.17, 15) is 9.90 Å². The third kappa shape index (κ3) is 6.76. The monoisotopic (exact) mass is 463 g/mol. The summed E-state index contributed by atoms with van der Waals surface area (Å²) in [6, 6.07) is 12.7. The van der Waals surface area contributed by atoms with Crippen LogP contribution in [-0.4, -0.2) is 43.6 Å². The molecule has 2 aromatic heterocycles. The molecule has 172 valence electrons. The summed E-state index contributed by atoms with van der Waals surface area (Å²) in [6.45, 7) is 3.46. The third-order valence-electron chi connectivity index (χ3n) is 5.40. The number of rotatable bonds is 10. The largest absolute Gasteiger partial charge is 0.389 e. The highest BCUT2D eigenvalue weighted by atomic mass is 32.1. The number of unbranched alkanes of at least 4 members (excludes halogenated alkanes) is 1. The number of hydrogen-bond acceptors (Lipinski definition) is 7. The molecule has 0 saturated heterocycles. The van der Waals surface area contributed by atoms with Crippen molar-refractivity contribution in [3.63, 3.8) is 0 Å². The van der Waals surface area contributed by atoms with E-state index in [1.165, 1.54) is 28.0 Å². The van der Waals surface area contributed by atoms with Crippen molar-refractivity contribution in [3.8, 4) is 0 Å². The Labute approximate surface area is 198 Å². The molecule has 0 bridgehead atoms. The number of hydrogen-bond donors (Lipinski definition) is 2. The first-order valence-corrected chi connectivity index (χ1v) is 12.1. The summed E-state index contributed by atoms with van der Waals surface area (Å²) < 4.78 is 0. The van der Waals surface area contributed by atoms with Crippen LogP contribution < -0.4 is 5.32 Å². The molecular formula is C25H29N5O2S. The van der Waals surface area contributed by atoms with Gasteiger partial charge in [-0.05, 0) is 56.7 Å². The summed E-state index contributed by atoms with van der Waals surface area (Å²) >= 11 is 1.30. The van der Waals surface area contributed by atoms with E-state index >= 15 is 0 Å². The maximum atomic E-state index is 12.1. The van der Waals surface area contributed by atoms with E-state index < -0.39 is 5.60 Å². The molecule has 3 aromatic rings. The van der Waals surface area contributed by atoms with Gasteiger partial charge in [0.1, 0.15) is 5.01 Å². The SMILES string of the molecule is CC(C)(O)CNC(=O)c1nnc(CCCCc2cc3c(nn2)CC(Cc2ccccc2)=C3)s1. The van der Waals surface area contributed by atoms with Crippen LogP contribution in [0.25, 0.3) is 6.08 Å². The number of carbonyl (C=O) groups is 1. The van der Waals surface area contributed by atoms with Crippen molar-refractivity contribution < 1.29 is 9.90 Å². The number of nitrogens with zero attached hydrogens (tertiary/aromatic N) is 4. The van der Waals surface area contributed by atoms with Crippen LogP contribution in [0.5, 0.6) is 0 Å². The Hall–Kier alpha value is -2.97. The lowest BCUT2D eigenvalue weighted by Crippen LogP contribution is -2.38. The summed E-state index contributed by atoms with van der Waals surface area (Å²) in [5.74, 6) is -0.297. The second kappa shape index (κ2) is 10.3. The summed E-state index contributed by atoms with van der Waals surface area (Å²) in [5.41, 5.74) is 5.00. The molecule has 0 unspecified atom stereocenters. The number of nitrogens with one attached hydrogen (secondary N) is 1. The summed E-state index contributed by atoms with van der Waals surface area (Å²) in [4.78, 5) is 12.1. The molecule has 33 heavy (non-hydrogen) atoms. The minimum Gasteiger partial charge on any atom is -0.389 e. The highest BCUT2D eigenvalue weighted by Gasteiger charge is 2.18. The summed E-state index contributed by atoms with van der Waals surface area (Å²) in [6.07, 6.45) is 7.62. The zero-order valence-corrected chi connectivity index (χ0v) is 19.9. The van der Waals surface area contributed by atoms with E-state index in [1.54, 1.807) is 13.8 Å². The van der Waals surface area contributed by atoms with Crippen LogP contribution in [0.2, 0.25) is 0 Å². The van der Waals surface area contributed by atoms with Crippen molar-refractivity contribution in [1.82, 2.24) is 25.7 Å². The van der Waals surface area contributed by atoms with Crippen LogP contribution in [0.4, 0.5) is 0 Å². The second-order valence-corrected chi connectivity index (χ2v) is 10.1. The van der Waals surface area contributed by atoms with Gasteiger partial charge in [0.15, 0.2) is 0 Å². The van der Waals surface area contributed by atoms with Gasteiger partial charge in [-0.15, -0.1) is 10.2 Å². The number of aromatic nitrogens is 4. The Balaban J connectivity index is 1.23. The van der Waals surface area contributed by atoms with Gasteiger partial charge >= 0.3 is 0 Å². The van der Waals surface area contributed by atoms with E-state index in [1.807, 2.05) is 6.07 Å². The number of aryl methyl sites for hydroxylation is 2. The fraction of sp³-hybridized carbons (Fsp3) is 0.400. The Morgan fingerprint density at radius 2 is 1.88 bits per heavy atom. The van der Waals surface area contributed by atoms with Crippen LogP contribution in [-0.2, 0) is 25.7 Å². The Morgan fingerprint density at radius 3 is 2.67 bits per heavy atom. The molecule has 0 atom stereocenters. The van der Waals surface area contributed by atoms with Crippen molar-refractivity contribution in [3.05, 3.63) is 74.5 Å². The van der Waals surface area contributed by atoms with Crippen molar-refractivity contribution in [2.45, 2.75) is 58.0 Å². The standard InChI is InChI=1S/C25H29N5O2S/c1-25(2,32)16-26-23(31)24-30-29-22(33-24)11-7-6-10-20-15-19-13-18(14-21(19)28-27-20)12-17-8-4-3-5-9-17/h3-5,8-9,13,15,32H,6-7,10-12,14,16H2,1-2H3,(H,26,31). The van der Waals surface area contributed by atoms with E-state index in [-0.39, 0.29) is 12.5 Å². The fourth-order valence-corrected chi connectivity index (χ4v) is 4.51. The van der Waals surface area contributed by atoms with Gasteiger partial charge in [0, 0.05) is 19.4 Å². The Morgan fingerprint density at radius 1 is 1.09 bits per heavy atom. The average molecular weight is 464 g/mol. The zero-order chi connectivity index (χ0) is 23.3. The number of carbonyl (C=O) groups excluding carboxylic acids is 1. The topological polar surface area (TPSA) is 101 Å². The first-order valence-electron chi connectivity index (χ1n) is 11.3. The van der Waals surface area contributed by atoms with Crippen LogP contribution in [0.15, 0.2) is 42.0 Å². The highest BCUT2D eigenvalue weighted by molar-refractivity contribution is 7.13. The van der Waals surface area contributed by atoms with Crippen molar-refractivity contribution >= 4 is 23.3 Å². The van der Waals surface area contributed by atoms with Crippen LogP contribution in [0.1, 0.15) is 64.0 Å². The van der Waals surface area contributed by atoms with E-state index in [2.05, 4.69) is 62.1 Å². The van der Waals surface area contributed by atoms with Gasteiger partial charge in [0.05, 0.1) is 17.0 Å². The van der Waals surface area contributed by atoms with Crippen molar-refractivity contribution in [2.75, 3.05) is 6.54 Å². The lowest BCUT2D eigenvalue weighted by Gasteiger charge is -2.16. The van der Waals surface area contributed by atoms with Gasteiger partial charge in [0.25, 0.3) is 5.91 Å². The molecule has 7 nitrogen and oxygen atoms in total. The van der Waals surface area contributed by atoms with E-state index in [4.69, 9.17) is 0 Å². The minimum absolute atomic E-state index is 0.172. The number of amides is 1. The van der Waals surface area contributed by atoms with Gasteiger partial charge < -0.3 is 10.4 Å². The number of allylic oxidation sites excluding steroid dienone is 1. The Kier molecular flexibility index (Phi) is 7.25. The molecule has 0 aliphatic heterocycles. The van der Waals surface area contributed by atoms with Crippen molar-refractivity contribution in [2.24, 2.45) is 0 Å². The molecule has 4 rings (SSSR count). The van der Waals surface area contributed by atoms with Crippen molar-refractivity contribution in [1.29, 1.82) is 0 Å². The van der Waals surface area contributed by atoms with Crippen LogP contribution in [0.3, 0.4) is 0 Å². The van der Waals surface area contributed by atoms with Gasteiger partial charge in [-0.2, -0.15) is 10.2 Å². The zero-order valence-electron chi connectivity index (χ0n) is 19.0. The molecule has 1 aliphatic rings. The third-order valence-corrected chi connectivity index (χ3v) is 6.38. The number of fused-ring (bicyclic) bond motifs is 1. The molecule has 1 amide bonds. The maximum Gasteiger partial charge on any atom is 0.282 e. The summed E-state index contributed by atoms with van der Waals surface area (Å²) in [5, 5.41) is 30.6. The smallest absolute Gasteiger partial charge is 0.282 e. The number of aliphatic hydroxyl groups is 1. The highest BCUT2D eigenvalue weighted by Crippen LogP contribution is 2.26. The molecular weight excluding hydrogens is 434 g/mol. The Bertz CT molecular complexity index is 1140. The second-order valence-electron chi connectivity index (χ2n) is 9.08. The van der Waals surface area contributed by atoms with Gasteiger partial charge in [-0.3, -0.25) is 4.79 Å². The molecule has 0 radical (unpaired) electrons. The van der Waals surface area contributed by atoms with Crippen LogP contribution >= 0.6 is 11.3 Å². The van der Waals surface area contributed by atoms with E-state index in [0.717, 1.165) is 54.9 Å². The summed E-state index contributed by atoms with van der Waals surface area (Å²) in [7, 11) is 0. The molecule has 0 fully saturated rings.